The predicted octanol–water partition coefficient (Wildman–Crippen LogP) is 2.26. The number of carbonyl (C=O) groups is 2. The zero-order valence-corrected chi connectivity index (χ0v) is 12.2. The van der Waals surface area contributed by atoms with Gasteiger partial charge in [-0.05, 0) is 40.5 Å². The summed E-state index contributed by atoms with van der Waals surface area (Å²) in [5.74, 6) is -1.74. The lowest BCUT2D eigenvalue weighted by Gasteiger charge is -2.12. The molecule has 1 aromatic rings. The molecular formula is C13H17BrN2O3. The molecule has 0 fully saturated rings. The predicted molar refractivity (Wildman–Crippen MR) is 76.9 cm³/mol. The van der Waals surface area contributed by atoms with E-state index < -0.39 is 11.9 Å². The minimum Gasteiger partial charge on any atom is -0.481 e. The molecule has 0 aliphatic rings. The Labute approximate surface area is 120 Å². The molecule has 0 aromatic heterocycles. The number of carbonyl (C=O) groups excluding carboxylic acids is 1. The third kappa shape index (κ3) is 4.55. The average molecular weight is 329 g/mol. The van der Waals surface area contributed by atoms with Crippen LogP contribution in [-0.2, 0) is 4.79 Å². The highest BCUT2D eigenvalue weighted by Crippen LogP contribution is 2.20. The summed E-state index contributed by atoms with van der Waals surface area (Å²) in [6.45, 7) is 2.04. The molecule has 0 spiro atoms. The Balaban J connectivity index is 2.63. The zero-order chi connectivity index (χ0) is 14.4. The highest BCUT2D eigenvalue weighted by atomic mass is 79.9. The quantitative estimate of drug-likeness (QED) is 0.698. The Bertz CT molecular complexity index is 477. The van der Waals surface area contributed by atoms with Crippen LogP contribution in [0.1, 0.15) is 30.1 Å². The van der Waals surface area contributed by atoms with Crippen molar-refractivity contribution in [3.05, 3.63) is 28.2 Å². The maximum atomic E-state index is 11.9. The Kier molecular flexibility index (Phi) is 5.82. The molecule has 5 nitrogen and oxygen atoms in total. The van der Waals surface area contributed by atoms with Gasteiger partial charge in [0.15, 0.2) is 0 Å². The molecule has 6 heteroatoms. The molecule has 0 bridgehead atoms. The van der Waals surface area contributed by atoms with E-state index in [1.807, 2.05) is 6.92 Å². The van der Waals surface area contributed by atoms with Gasteiger partial charge in [-0.2, -0.15) is 0 Å². The third-order valence-electron chi connectivity index (χ3n) is 2.76. The summed E-state index contributed by atoms with van der Waals surface area (Å²) < 4.78 is 0.642. The first-order chi connectivity index (χ1) is 8.95. The lowest BCUT2D eigenvalue weighted by molar-refractivity contribution is -0.141. The van der Waals surface area contributed by atoms with Gasteiger partial charge >= 0.3 is 5.97 Å². The van der Waals surface area contributed by atoms with Crippen molar-refractivity contribution < 1.29 is 14.7 Å². The van der Waals surface area contributed by atoms with E-state index in [9.17, 15) is 9.59 Å². The fraction of sp³-hybridized carbons (Fsp3) is 0.385. The minimum absolute atomic E-state index is 0.129. The molecule has 19 heavy (non-hydrogen) atoms. The van der Waals surface area contributed by atoms with Crippen LogP contribution in [0.5, 0.6) is 0 Å². The standard InChI is InChI=1S/C13H17BrN2O3/c1-2-3-9(13(18)19)7-16-12(17)8-4-5-11(15)10(14)6-8/h4-6,9H,2-3,7,15H2,1H3,(H,16,17)(H,18,19). The number of nitrogens with one attached hydrogen (secondary N) is 1. The smallest absolute Gasteiger partial charge is 0.308 e. The van der Waals surface area contributed by atoms with E-state index in [-0.39, 0.29) is 12.5 Å². The van der Waals surface area contributed by atoms with Gasteiger partial charge < -0.3 is 16.2 Å². The van der Waals surface area contributed by atoms with Crippen molar-refractivity contribution in [3.8, 4) is 0 Å². The molecule has 0 saturated carbocycles. The molecule has 4 N–H and O–H groups in total. The van der Waals surface area contributed by atoms with Crippen LogP contribution < -0.4 is 11.1 Å². The average Bonchev–Trinajstić information content (AvgIpc) is 2.37. The van der Waals surface area contributed by atoms with E-state index >= 15 is 0 Å². The second-order valence-corrected chi connectivity index (χ2v) is 5.12. The number of hydrogen-bond donors (Lipinski definition) is 3. The van der Waals surface area contributed by atoms with Crippen LogP contribution in [0.15, 0.2) is 22.7 Å². The van der Waals surface area contributed by atoms with Crippen LogP contribution in [-0.4, -0.2) is 23.5 Å². The molecule has 0 aliphatic heterocycles. The van der Waals surface area contributed by atoms with E-state index in [1.165, 1.54) is 0 Å². The van der Waals surface area contributed by atoms with Crippen molar-refractivity contribution in [2.45, 2.75) is 19.8 Å². The minimum atomic E-state index is -0.888. The number of nitrogen functional groups attached to an aromatic ring is 1. The van der Waals surface area contributed by atoms with Crippen molar-refractivity contribution in [2.75, 3.05) is 12.3 Å². The number of benzene rings is 1. The highest BCUT2D eigenvalue weighted by Gasteiger charge is 2.17. The van der Waals surface area contributed by atoms with Crippen LogP contribution in [0, 0.1) is 5.92 Å². The SMILES string of the molecule is CCCC(CNC(=O)c1ccc(N)c(Br)c1)C(=O)O. The molecule has 104 valence electrons. The first-order valence-electron chi connectivity index (χ1n) is 6.01. The van der Waals surface area contributed by atoms with Crippen LogP contribution >= 0.6 is 15.9 Å². The number of hydrogen-bond acceptors (Lipinski definition) is 3. The van der Waals surface area contributed by atoms with Crippen molar-refractivity contribution >= 4 is 33.5 Å². The summed E-state index contributed by atoms with van der Waals surface area (Å²) in [7, 11) is 0. The van der Waals surface area contributed by atoms with E-state index in [0.29, 0.717) is 22.1 Å². The highest BCUT2D eigenvalue weighted by molar-refractivity contribution is 9.10. The normalized spacial score (nSPS) is 11.9. The first kappa shape index (κ1) is 15.5. The van der Waals surface area contributed by atoms with Gasteiger partial charge in [-0.25, -0.2) is 0 Å². The maximum absolute atomic E-state index is 11.9. The molecule has 1 amide bonds. The number of aliphatic carboxylic acids is 1. The van der Waals surface area contributed by atoms with Crippen LogP contribution in [0.25, 0.3) is 0 Å². The topological polar surface area (TPSA) is 92.4 Å². The summed E-state index contributed by atoms with van der Waals surface area (Å²) >= 11 is 3.24. The largest absolute Gasteiger partial charge is 0.481 e. The summed E-state index contributed by atoms with van der Waals surface area (Å²) in [4.78, 5) is 22.8. The van der Waals surface area contributed by atoms with E-state index in [1.54, 1.807) is 18.2 Å². The Hall–Kier alpha value is -1.56. The summed E-state index contributed by atoms with van der Waals surface area (Å²) in [6, 6.07) is 4.84. The summed E-state index contributed by atoms with van der Waals surface area (Å²) in [6.07, 6.45) is 1.31. The Morgan fingerprint density at radius 3 is 2.68 bits per heavy atom. The molecule has 1 atom stereocenters. The van der Waals surface area contributed by atoms with Crippen molar-refractivity contribution in [1.82, 2.24) is 5.32 Å². The fourth-order valence-corrected chi connectivity index (χ4v) is 2.03. The second-order valence-electron chi connectivity index (χ2n) is 4.27. The number of nitrogens with two attached hydrogens (primary N) is 1. The molecule has 0 heterocycles. The van der Waals surface area contributed by atoms with Gasteiger partial charge in [0.2, 0.25) is 0 Å². The first-order valence-corrected chi connectivity index (χ1v) is 6.81. The maximum Gasteiger partial charge on any atom is 0.308 e. The molecule has 1 rings (SSSR count). The fourth-order valence-electron chi connectivity index (χ4n) is 1.65. The number of anilines is 1. The van der Waals surface area contributed by atoms with Crippen LogP contribution in [0.3, 0.4) is 0 Å². The second kappa shape index (κ2) is 7.13. The van der Waals surface area contributed by atoms with Crippen molar-refractivity contribution in [1.29, 1.82) is 0 Å². The summed E-state index contributed by atoms with van der Waals surface area (Å²) in [5, 5.41) is 11.6. The van der Waals surface area contributed by atoms with Gasteiger partial charge in [-0.3, -0.25) is 9.59 Å². The van der Waals surface area contributed by atoms with Gasteiger partial charge in [0.25, 0.3) is 5.91 Å². The number of carboxylic acid groups (broad SMARTS) is 1. The number of halogens is 1. The van der Waals surface area contributed by atoms with E-state index in [2.05, 4.69) is 21.2 Å². The monoisotopic (exact) mass is 328 g/mol. The molecule has 0 saturated heterocycles. The zero-order valence-electron chi connectivity index (χ0n) is 10.6. The summed E-state index contributed by atoms with van der Waals surface area (Å²) in [5.41, 5.74) is 6.63. The van der Waals surface area contributed by atoms with Crippen molar-refractivity contribution in [2.24, 2.45) is 5.92 Å². The number of amides is 1. The number of rotatable bonds is 6. The van der Waals surface area contributed by atoms with Gasteiger partial charge in [-0.1, -0.05) is 13.3 Å². The Morgan fingerprint density at radius 1 is 1.47 bits per heavy atom. The van der Waals surface area contributed by atoms with Gasteiger partial charge in [0.05, 0.1) is 5.92 Å². The molecule has 1 aromatic carbocycles. The van der Waals surface area contributed by atoms with Crippen molar-refractivity contribution in [3.63, 3.8) is 0 Å². The molecule has 1 unspecified atom stereocenters. The number of carboxylic acids is 1. The van der Waals surface area contributed by atoms with Gasteiger partial charge in [0.1, 0.15) is 0 Å². The molecule has 0 radical (unpaired) electrons. The van der Waals surface area contributed by atoms with Gasteiger partial charge in [-0.15, -0.1) is 0 Å². The van der Waals surface area contributed by atoms with E-state index in [4.69, 9.17) is 10.8 Å². The van der Waals surface area contributed by atoms with Crippen LogP contribution in [0.4, 0.5) is 5.69 Å². The van der Waals surface area contributed by atoms with Gasteiger partial charge in [0, 0.05) is 22.3 Å². The lowest BCUT2D eigenvalue weighted by atomic mass is 10.0. The Morgan fingerprint density at radius 2 is 2.16 bits per heavy atom. The van der Waals surface area contributed by atoms with E-state index in [0.717, 1.165) is 6.42 Å². The lowest BCUT2D eigenvalue weighted by Crippen LogP contribution is -2.32. The third-order valence-corrected chi connectivity index (χ3v) is 3.44. The molecular weight excluding hydrogens is 312 g/mol. The van der Waals surface area contributed by atoms with Crippen LogP contribution in [0.2, 0.25) is 0 Å². The molecule has 0 aliphatic carbocycles.